The van der Waals surface area contributed by atoms with Crippen LogP contribution in [-0.2, 0) is 13.2 Å². The fourth-order valence-electron chi connectivity index (χ4n) is 5.96. The van der Waals surface area contributed by atoms with Crippen LogP contribution in [0.2, 0.25) is 0 Å². The topological polar surface area (TPSA) is 60.7 Å². The summed E-state index contributed by atoms with van der Waals surface area (Å²) in [6.07, 6.45) is 10.5. The minimum atomic E-state index is -0.559. The Balaban J connectivity index is 1.75. The zero-order valence-electron chi connectivity index (χ0n) is 18.0. The molecule has 0 aliphatic heterocycles. The highest BCUT2D eigenvalue weighted by Gasteiger charge is 2.50. The zero-order chi connectivity index (χ0) is 20.5. The van der Waals surface area contributed by atoms with Crippen LogP contribution in [0.3, 0.4) is 0 Å². The Labute approximate surface area is 174 Å². The Morgan fingerprint density at radius 3 is 2.61 bits per heavy atom. The minimum absolute atomic E-state index is 0.00245. The van der Waals surface area contributed by atoms with Crippen LogP contribution in [0, 0.1) is 23.2 Å². The van der Waals surface area contributed by atoms with E-state index in [0.717, 1.165) is 35.6 Å². The minimum Gasteiger partial charge on any atom is -0.392 e. The Hall–Kier alpha value is -0.680. The Kier molecular flexibility index (Phi) is 6.75. The van der Waals surface area contributed by atoms with Gasteiger partial charge in [0.05, 0.1) is 18.8 Å². The fourth-order valence-corrected chi connectivity index (χ4v) is 7.09. The van der Waals surface area contributed by atoms with Crippen LogP contribution in [0.1, 0.15) is 88.0 Å². The average molecular weight is 407 g/mol. The van der Waals surface area contributed by atoms with Gasteiger partial charge >= 0.3 is 0 Å². The quantitative estimate of drug-likeness (QED) is 0.533. The molecule has 3 N–H and O–H groups in total. The van der Waals surface area contributed by atoms with Crippen LogP contribution in [0.5, 0.6) is 0 Å². The van der Waals surface area contributed by atoms with E-state index in [1.165, 1.54) is 36.1 Å². The van der Waals surface area contributed by atoms with Crippen molar-refractivity contribution in [3.8, 4) is 0 Å². The first-order chi connectivity index (χ1) is 13.2. The van der Waals surface area contributed by atoms with Gasteiger partial charge in [0.25, 0.3) is 0 Å². The second-order valence-corrected chi connectivity index (χ2v) is 11.1. The van der Waals surface area contributed by atoms with Crippen LogP contribution in [-0.4, -0.2) is 20.9 Å². The molecule has 1 saturated carbocycles. The van der Waals surface area contributed by atoms with Crippen LogP contribution >= 0.6 is 11.3 Å². The van der Waals surface area contributed by atoms with Crippen molar-refractivity contribution in [3.05, 3.63) is 27.5 Å². The van der Waals surface area contributed by atoms with Gasteiger partial charge in [-0.25, -0.2) is 0 Å². The van der Waals surface area contributed by atoms with Crippen molar-refractivity contribution in [1.82, 2.24) is 0 Å². The number of hydrogen-bond acceptors (Lipinski definition) is 4. The molecule has 0 radical (unpaired) electrons. The number of fused-ring (bicyclic) bond motifs is 1. The van der Waals surface area contributed by atoms with Gasteiger partial charge in [-0.05, 0) is 86.3 Å². The fraction of sp³-hybridized carbons (Fsp3) is 0.750. The number of aliphatic hydroxyl groups is 3. The first-order valence-corrected chi connectivity index (χ1v) is 11.8. The standard InChI is InChI=1S/C24H38O3S/c1-16(7-5-11-23(2,3)27)19-9-10-20-18(8-6-12-24(19,20)4)21-13-17(14-25)22(15-26)28-21/h8,13,16,19-20,25-27H,5-7,9-12,14-15H2,1-4H3/t16-,19-,20+,24-/m1/s1. The number of hydrogen-bond donors (Lipinski definition) is 3. The molecule has 4 heteroatoms. The molecule has 158 valence electrons. The van der Waals surface area contributed by atoms with Gasteiger partial charge in [0.1, 0.15) is 0 Å². The van der Waals surface area contributed by atoms with Crippen LogP contribution < -0.4 is 0 Å². The van der Waals surface area contributed by atoms with Crippen molar-refractivity contribution in [1.29, 1.82) is 0 Å². The second-order valence-electron chi connectivity index (χ2n) is 10.00. The van der Waals surface area contributed by atoms with Gasteiger partial charge in [0.15, 0.2) is 0 Å². The van der Waals surface area contributed by atoms with Crippen molar-refractivity contribution < 1.29 is 15.3 Å². The number of allylic oxidation sites excluding steroid dienone is 2. The zero-order valence-corrected chi connectivity index (χ0v) is 18.8. The third-order valence-corrected chi connectivity index (χ3v) is 8.67. The molecule has 28 heavy (non-hydrogen) atoms. The molecule has 3 nitrogen and oxygen atoms in total. The highest BCUT2D eigenvalue weighted by atomic mass is 32.1. The molecule has 0 amide bonds. The van der Waals surface area contributed by atoms with Crippen molar-refractivity contribution >= 4 is 16.9 Å². The van der Waals surface area contributed by atoms with E-state index in [1.807, 2.05) is 13.8 Å². The van der Waals surface area contributed by atoms with Gasteiger partial charge in [0.2, 0.25) is 0 Å². The monoisotopic (exact) mass is 406 g/mol. The summed E-state index contributed by atoms with van der Waals surface area (Å²) in [7, 11) is 0. The van der Waals surface area contributed by atoms with Crippen molar-refractivity contribution in [3.63, 3.8) is 0 Å². The maximum Gasteiger partial charge on any atom is 0.0778 e. The van der Waals surface area contributed by atoms with Gasteiger partial charge in [-0.3, -0.25) is 0 Å². The summed E-state index contributed by atoms with van der Waals surface area (Å²) in [6, 6.07) is 2.11. The van der Waals surface area contributed by atoms with Crippen molar-refractivity contribution in [2.24, 2.45) is 23.2 Å². The second kappa shape index (κ2) is 8.59. The molecule has 0 bridgehead atoms. The lowest BCUT2D eigenvalue weighted by molar-refractivity contribution is 0.0620. The predicted octanol–water partition coefficient (Wildman–Crippen LogP) is 5.52. The van der Waals surface area contributed by atoms with Gasteiger partial charge in [-0.1, -0.05) is 32.8 Å². The third kappa shape index (κ3) is 4.40. The maximum atomic E-state index is 10.0. The van der Waals surface area contributed by atoms with Crippen molar-refractivity contribution in [2.75, 3.05) is 0 Å². The highest BCUT2D eigenvalue weighted by Crippen LogP contribution is 2.61. The summed E-state index contributed by atoms with van der Waals surface area (Å²) in [5, 5.41) is 29.2. The molecule has 2 aliphatic rings. The van der Waals surface area contributed by atoms with E-state index in [4.69, 9.17) is 0 Å². The number of thiophene rings is 1. The predicted molar refractivity (Wildman–Crippen MR) is 117 cm³/mol. The van der Waals surface area contributed by atoms with E-state index in [0.29, 0.717) is 17.3 Å². The average Bonchev–Trinajstić information content (AvgIpc) is 3.20. The lowest BCUT2D eigenvalue weighted by Gasteiger charge is -2.43. The molecule has 1 aromatic heterocycles. The van der Waals surface area contributed by atoms with Gasteiger partial charge < -0.3 is 15.3 Å². The summed E-state index contributed by atoms with van der Waals surface area (Å²) >= 11 is 1.66. The summed E-state index contributed by atoms with van der Waals surface area (Å²) in [4.78, 5) is 2.15. The number of aliphatic hydroxyl groups excluding tert-OH is 2. The largest absolute Gasteiger partial charge is 0.392 e. The molecule has 1 heterocycles. The molecular formula is C24H38O3S. The van der Waals surface area contributed by atoms with Gasteiger partial charge in [-0.2, -0.15) is 0 Å². The molecule has 1 fully saturated rings. The Morgan fingerprint density at radius 1 is 1.25 bits per heavy atom. The van der Waals surface area contributed by atoms with Crippen molar-refractivity contribution in [2.45, 2.75) is 91.5 Å². The molecule has 0 aromatic carbocycles. The smallest absolute Gasteiger partial charge is 0.0778 e. The van der Waals surface area contributed by atoms with Gasteiger partial charge in [0, 0.05) is 9.75 Å². The summed E-state index contributed by atoms with van der Waals surface area (Å²) in [6.45, 7) is 8.75. The third-order valence-electron chi connectivity index (χ3n) is 7.46. The van der Waals surface area contributed by atoms with E-state index in [1.54, 1.807) is 11.3 Å². The number of rotatable bonds is 8. The Morgan fingerprint density at radius 2 is 2.00 bits per heavy atom. The first-order valence-electron chi connectivity index (χ1n) is 11.0. The van der Waals surface area contributed by atoms with Crippen LogP contribution in [0.4, 0.5) is 0 Å². The lowest BCUT2D eigenvalue weighted by atomic mass is 9.62. The molecule has 2 aliphatic carbocycles. The molecule has 0 saturated heterocycles. The first kappa shape index (κ1) is 22.0. The van der Waals surface area contributed by atoms with Crippen LogP contribution in [0.25, 0.3) is 5.57 Å². The molecule has 0 spiro atoms. The van der Waals surface area contributed by atoms with E-state index in [-0.39, 0.29) is 13.2 Å². The van der Waals surface area contributed by atoms with Crippen LogP contribution in [0.15, 0.2) is 12.1 Å². The highest BCUT2D eigenvalue weighted by molar-refractivity contribution is 7.13. The van der Waals surface area contributed by atoms with Gasteiger partial charge in [-0.15, -0.1) is 11.3 Å². The maximum absolute atomic E-state index is 10.0. The molecule has 3 rings (SSSR count). The van der Waals surface area contributed by atoms with E-state index >= 15 is 0 Å². The van der Waals surface area contributed by atoms with E-state index in [2.05, 4.69) is 26.0 Å². The lowest BCUT2D eigenvalue weighted by Crippen LogP contribution is -2.34. The summed E-state index contributed by atoms with van der Waals surface area (Å²) in [5.74, 6) is 2.00. The molecular weight excluding hydrogens is 368 g/mol. The molecule has 4 atom stereocenters. The van der Waals surface area contributed by atoms with E-state index < -0.39 is 5.60 Å². The SMILES string of the molecule is C[C@H](CCCC(C)(C)O)[C@H]1CC[C@H]2C(c3cc(CO)c(CO)s3)=CCC[C@]12C. The summed E-state index contributed by atoms with van der Waals surface area (Å²) < 4.78 is 0. The summed E-state index contributed by atoms with van der Waals surface area (Å²) in [5.41, 5.74) is 2.11. The molecule has 1 aromatic rings. The Bertz CT molecular complexity index is 678. The normalized spacial score (nSPS) is 28.9. The molecule has 0 unspecified atom stereocenters. The van der Waals surface area contributed by atoms with E-state index in [9.17, 15) is 15.3 Å².